The number of hydrogen-bond donors (Lipinski definition) is 1. The van der Waals surface area contributed by atoms with E-state index in [1.54, 1.807) is 11.8 Å². The summed E-state index contributed by atoms with van der Waals surface area (Å²) < 4.78 is 5.26. The maximum Gasteiger partial charge on any atom is 0.240 e. The summed E-state index contributed by atoms with van der Waals surface area (Å²) in [4.78, 5) is 9.00. The van der Waals surface area contributed by atoms with Crippen LogP contribution in [0.25, 0.3) is 0 Å². The van der Waals surface area contributed by atoms with Gasteiger partial charge in [0, 0.05) is 32.3 Å². The summed E-state index contributed by atoms with van der Waals surface area (Å²) >= 11 is 1.69. The molecule has 1 N–H and O–H groups in total. The zero-order valence-electron chi connectivity index (χ0n) is 11.6. The van der Waals surface area contributed by atoms with Crippen molar-refractivity contribution in [3.05, 3.63) is 11.7 Å². The quantitative estimate of drug-likeness (QED) is 0.813. The van der Waals surface area contributed by atoms with E-state index in [1.807, 2.05) is 6.26 Å². The second kappa shape index (κ2) is 7.23. The van der Waals surface area contributed by atoms with Gasteiger partial charge in [0.1, 0.15) is 0 Å². The van der Waals surface area contributed by atoms with Gasteiger partial charge in [0.25, 0.3) is 0 Å². The molecule has 108 valence electrons. The van der Waals surface area contributed by atoms with Gasteiger partial charge in [-0.25, -0.2) is 0 Å². The topological polar surface area (TPSA) is 65.6 Å². The number of likely N-dealkylation sites (N-methyl/N-ethyl adjacent to an activating group) is 1. The van der Waals surface area contributed by atoms with Crippen molar-refractivity contribution in [1.29, 1.82) is 0 Å². The SMILES string of the molecule is CSCc1noc(CN2CCN(C)[C@H](CCO)C2)n1. The summed E-state index contributed by atoms with van der Waals surface area (Å²) in [6.45, 7) is 3.89. The number of aromatic nitrogens is 2. The molecule has 1 aromatic heterocycles. The van der Waals surface area contributed by atoms with E-state index in [0.29, 0.717) is 18.5 Å². The van der Waals surface area contributed by atoms with Crippen LogP contribution in [-0.4, -0.2) is 70.6 Å². The summed E-state index contributed by atoms with van der Waals surface area (Å²) in [6.07, 6.45) is 2.84. The molecule has 0 unspecified atom stereocenters. The first-order chi connectivity index (χ1) is 9.22. The minimum Gasteiger partial charge on any atom is -0.396 e. The van der Waals surface area contributed by atoms with Crippen molar-refractivity contribution < 1.29 is 9.63 Å². The molecule has 1 aliphatic heterocycles. The van der Waals surface area contributed by atoms with Gasteiger partial charge in [0.15, 0.2) is 5.82 Å². The normalized spacial score (nSPS) is 21.9. The van der Waals surface area contributed by atoms with Gasteiger partial charge in [0.2, 0.25) is 5.89 Å². The molecule has 1 saturated heterocycles. The fraction of sp³-hybridized carbons (Fsp3) is 0.833. The first kappa shape index (κ1) is 14.8. The lowest BCUT2D eigenvalue weighted by Crippen LogP contribution is -2.51. The Morgan fingerprint density at radius 2 is 2.32 bits per heavy atom. The number of thioether (sulfide) groups is 1. The van der Waals surface area contributed by atoms with Gasteiger partial charge < -0.3 is 14.5 Å². The molecule has 0 amide bonds. The van der Waals surface area contributed by atoms with Gasteiger partial charge >= 0.3 is 0 Å². The summed E-state index contributed by atoms with van der Waals surface area (Å²) in [6, 6.07) is 0.410. The maximum atomic E-state index is 9.09. The van der Waals surface area contributed by atoms with Crippen LogP contribution in [0.4, 0.5) is 0 Å². The van der Waals surface area contributed by atoms with Crippen LogP contribution in [0.1, 0.15) is 18.1 Å². The van der Waals surface area contributed by atoms with Crippen LogP contribution in [0.2, 0.25) is 0 Å². The van der Waals surface area contributed by atoms with Gasteiger partial charge in [-0.15, -0.1) is 0 Å². The minimum absolute atomic E-state index is 0.237. The Balaban J connectivity index is 1.87. The Bertz CT molecular complexity index is 388. The number of hydrogen-bond acceptors (Lipinski definition) is 7. The van der Waals surface area contributed by atoms with E-state index in [1.165, 1.54) is 0 Å². The summed E-state index contributed by atoms with van der Waals surface area (Å²) in [5.41, 5.74) is 0. The molecule has 1 aliphatic rings. The molecule has 2 rings (SSSR count). The molecule has 0 radical (unpaired) electrons. The third kappa shape index (κ3) is 4.17. The maximum absolute atomic E-state index is 9.09. The Morgan fingerprint density at radius 3 is 3.05 bits per heavy atom. The average molecular weight is 286 g/mol. The first-order valence-corrected chi connectivity index (χ1v) is 7.96. The molecule has 0 spiro atoms. The summed E-state index contributed by atoms with van der Waals surface area (Å²) in [5.74, 6) is 2.25. The number of piperazine rings is 1. The fourth-order valence-corrected chi connectivity index (χ4v) is 2.72. The van der Waals surface area contributed by atoms with Crippen LogP contribution < -0.4 is 0 Å². The van der Waals surface area contributed by atoms with Crippen molar-refractivity contribution in [1.82, 2.24) is 19.9 Å². The highest BCUT2D eigenvalue weighted by atomic mass is 32.2. The van der Waals surface area contributed by atoms with Crippen LogP contribution in [-0.2, 0) is 12.3 Å². The summed E-state index contributed by atoms with van der Waals surface area (Å²) in [5, 5.41) is 13.0. The monoisotopic (exact) mass is 286 g/mol. The van der Waals surface area contributed by atoms with Crippen molar-refractivity contribution in [3.63, 3.8) is 0 Å². The van der Waals surface area contributed by atoms with Gasteiger partial charge in [0.05, 0.1) is 12.3 Å². The minimum atomic E-state index is 0.237. The molecule has 6 nitrogen and oxygen atoms in total. The van der Waals surface area contributed by atoms with Crippen molar-refractivity contribution in [2.75, 3.05) is 39.5 Å². The highest BCUT2D eigenvalue weighted by Gasteiger charge is 2.24. The van der Waals surface area contributed by atoms with Crippen LogP contribution in [0.5, 0.6) is 0 Å². The van der Waals surface area contributed by atoms with E-state index < -0.39 is 0 Å². The van der Waals surface area contributed by atoms with E-state index in [9.17, 15) is 0 Å². The van der Waals surface area contributed by atoms with Crippen LogP contribution in [0, 0.1) is 0 Å². The van der Waals surface area contributed by atoms with Crippen LogP contribution in [0.3, 0.4) is 0 Å². The molecule has 0 saturated carbocycles. The molecule has 1 fully saturated rings. The lowest BCUT2D eigenvalue weighted by Gasteiger charge is -2.38. The third-order valence-corrected chi connectivity index (χ3v) is 4.01. The van der Waals surface area contributed by atoms with Crippen molar-refractivity contribution >= 4 is 11.8 Å². The average Bonchev–Trinajstić information content (AvgIpc) is 2.82. The van der Waals surface area contributed by atoms with Crippen molar-refractivity contribution in [3.8, 4) is 0 Å². The molecule has 0 aliphatic carbocycles. The Labute approximate surface area is 118 Å². The number of nitrogens with zero attached hydrogens (tertiary/aromatic N) is 4. The second-order valence-corrected chi connectivity index (χ2v) is 5.79. The molecular formula is C12H22N4O2S. The van der Waals surface area contributed by atoms with E-state index in [2.05, 4.69) is 27.0 Å². The first-order valence-electron chi connectivity index (χ1n) is 6.56. The van der Waals surface area contributed by atoms with E-state index in [-0.39, 0.29) is 6.61 Å². The van der Waals surface area contributed by atoms with Crippen molar-refractivity contribution in [2.45, 2.75) is 24.8 Å². The zero-order chi connectivity index (χ0) is 13.7. The lowest BCUT2D eigenvalue weighted by atomic mass is 10.1. The predicted octanol–water partition coefficient (Wildman–Crippen LogP) is 0.431. The van der Waals surface area contributed by atoms with Gasteiger partial charge in [-0.3, -0.25) is 4.90 Å². The molecule has 0 aromatic carbocycles. The largest absolute Gasteiger partial charge is 0.396 e. The number of aliphatic hydroxyl groups is 1. The van der Waals surface area contributed by atoms with Gasteiger partial charge in [-0.1, -0.05) is 5.16 Å². The molecule has 7 heteroatoms. The molecule has 0 bridgehead atoms. The Kier molecular flexibility index (Phi) is 5.62. The van der Waals surface area contributed by atoms with Gasteiger partial charge in [-0.2, -0.15) is 16.7 Å². The molecule has 1 atom stereocenters. The Hall–Kier alpha value is -0.630. The highest BCUT2D eigenvalue weighted by molar-refractivity contribution is 7.97. The third-order valence-electron chi connectivity index (χ3n) is 3.47. The van der Waals surface area contributed by atoms with E-state index in [0.717, 1.165) is 37.6 Å². The summed E-state index contributed by atoms with van der Waals surface area (Å²) in [7, 11) is 2.11. The van der Waals surface area contributed by atoms with Crippen molar-refractivity contribution in [2.24, 2.45) is 0 Å². The molecule has 19 heavy (non-hydrogen) atoms. The second-order valence-electron chi connectivity index (χ2n) is 4.92. The van der Waals surface area contributed by atoms with E-state index in [4.69, 9.17) is 9.63 Å². The molecule has 1 aromatic rings. The predicted molar refractivity (Wildman–Crippen MR) is 74.9 cm³/mol. The number of rotatable bonds is 6. The standard InChI is InChI=1S/C12H22N4O2S/c1-15-4-5-16(7-10(15)3-6-17)8-12-13-11(9-19-2)14-18-12/h10,17H,3-9H2,1-2H3/t10-/m1/s1. The molecule has 2 heterocycles. The number of aliphatic hydroxyl groups excluding tert-OH is 1. The lowest BCUT2D eigenvalue weighted by molar-refractivity contribution is 0.0680. The van der Waals surface area contributed by atoms with Crippen LogP contribution >= 0.6 is 11.8 Å². The Morgan fingerprint density at radius 1 is 1.47 bits per heavy atom. The van der Waals surface area contributed by atoms with Crippen LogP contribution in [0.15, 0.2) is 4.52 Å². The zero-order valence-corrected chi connectivity index (χ0v) is 12.4. The highest BCUT2D eigenvalue weighted by Crippen LogP contribution is 2.14. The van der Waals surface area contributed by atoms with Gasteiger partial charge in [-0.05, 0) is 19.7 Å². The smallest absolute Gasteiger partial charge is 0.240 e. The molecular weight excluding hydrogens is 264 g/mol. The van der Waals surface area contributed by atoms with E-state index >= 15 is 0 Å². The fourth-order valence-electron chi connectivity index (χ4n) is 2.35.